The maximum Gasteiger partial charge on any atom is 0.282 e. The van der Waals surface area contributed by atoms with Crippen molar-refractivity contribution in [1.82, 2.24) is 10.3 Å². The van der Waals surface area contributed by atoms with Crippen LogP contribution in [0.1, 0.15) is 62.4 Å². The van der Waals surface area contributed by atoms with Crippen molar-refractivity contribution >= 4 is 11.6 Å². The van der Waals surface area contributed by atoms with Crippen molar-refractivity contribution in [2.45, 2.75) is 68.9 Å². The van der Waals surface area contributed by atoms with E-state index in [2.05, 4.69) is 17.2 Å². The Hall–Kier alpha value is -1.96. The zero-order valence-electron chi connectivity index (χ0n) is 17.8. The Labute approximate surface area is 180 Å². The number of hydrogen-bond acceptors (Lipinski definition) is 5. The summed E-state index contributed by atoms with van der Waals surface area (Å²) in [6.07, 6.45) is 6.34. The van der Waals surface area contributed by atoms with Crippen molar-refractivity contribution < 1.29 is 23.4 Å². The van der Waals surface area contributed by atoms with E-state index in [1.807, 2.05) is 0 Å². The molecule has 1 spiro atoms. The van der Waals surface area contributed by atoms with Gasteiger partial charge in [-0.15, -0.1) is 0 Å². The average Bonchev–Trinajstić information content (AvgIpc) is 3.54. The molecule has 2 bridgehead atoms. The molecule has 4 aliphatic carbocycles. The third kappa shape index (κ3) is 3.20. The summed E-state index contributed by atoms with van der Waals surface area (Å²) in [5, 5.41) is 14.1. The van der Waals surface area contributed by atoms with Gasteiger partial charge in [-0.3, -0.25) is 4.79 Å². The van der Waals surface area contributed by atoms with Gasteiger partial charge >= 0.3 is 0 Å². The van der Waals surface area contributed by atoms with Crippen molar-refractivity contribution in [3.63, 3.8) is 0 Å². The molecular weight excluding hydrogens is 404 g/mol. The smallest absolute Gasteiger partial charge is 0.282 e. The standard InChI is InChI=1S/C23H29F2N3O3/c1-14-6-20-9-21(7-14,11-22(20,30)10-20)27-18(29)16-4-5-17(28-12-23(24,25)13-28)19(26-16)31-8-15-2-3-15/h4-5,14-15,30H,2-3,6-13H2,1H3,(H,27,29). The van der Waals surface area contributed by atoms with Crippen LogP contribution in [0.2, 0.25) is 0 Å². The lowest BCUT2D eigenvalue weighted by Crippen LogP contribution is -2.56. The summed E-state index contributed by atoms with van der Waals surface area (Å²) < 4.78 is 32.7. The molecule has 4 saturated carbocycles. The summed E-state index contributed by atoms with van der Waals surface area (Å²) in [6.45, 7) is 1.96. The van der Waals surface area contributed by atoms with Crippen LogP contribution in [0.25, 0.3) is 0 Å². The van der Waals surface area contributed by atoms with Crippen molar-refractivity contribution in [2.24, 2.45) is 17.3 Å². The number of aromatic nitrogens is 1. The monoisotopic (exact) mass is 433 g/mol. The molecule has 168 valence electrons. The molecule has 1 aromatic heterocycles. The molecule has 4 unspecified atom stereocenters. The molecule has 1 aromatic rings. The number of hydrogen-bond donors (Lipinski definition) is 2. The van der Waals surface area contributed by atoms with Gasteiger partial charge in [0.2, 0.25) is 5.88 Å². The molecule has 1 saturated heterocycles. The van der Waals surface area contributed by atoms with E-state index in [9.17, 15) is 18.7 Å². The zero-order chi connectivity index (χ0) is 21.6. The number of alkyl halides is 2. The van der Waals surface area contributed by atoms with Crippen molar-refractivity contribution in [1.29, 1.82) is 0 Å². The number of anilines is 1. The lowest BCUT2D eigenvalue weighted by atomic mass is 9.72. The second-order valence-corrected chi connectivity index (χ2v) is 11.1. The summed E-state index contributed by atoms with van der Waals surface area (Å²) in [6, 6.07) is 3.26. The Morgan fingerprint density at radius 2 is 2.03 bits per heavy atom. The third-order valence-electron chi connectivity index (χ3n) is 8.07. The third-order valence-corrected chi connectivity index (χ3v) is 8.07. The SMILES string of the molecule is CC1CC2(NC(=O)c3ccc(N4CC(F)(F)C4)c(OCC4CC4)n3)CC3(O)CC3(C1)C2. The first-order valence-corrected chi connectivity index (χ1v) is 11.4. The summed E-state index contributed by atoms with van der Waals surface area (Å²) in [4.78, 5) is 19.1. The molecule has 5 aliphatic rings. The summed E-state index contributed by atoms with van der Waals surface area (Å²) in [5.74, 6) is -1.79. The Balaban J connectivity index is 1.22. The fourth-order valence-electron chi connectivity index (χ4n) is 6.66. The highest BCUT2D eigenvalue weighted by molar-refractivity contribution is 5.93. The number of carbonyl (C=O) groups is 1. The van der Waals surface area contributed by atoms with Crippen LogP contribution in [0.3, 0.4) is 0 Å². The number of ether oxygens (including phenoxy) is 1. The second-order valence-electron chi connectivity index (χ2n) is 11.1. The highest BCUT2D eigenvalue weighted by Crippen LogP contribution is 2.75. The van der Waals surface area contributed by atoms with Crippen LogP contribution < -0.4 is 15.0 Å². The number of aliphatic hydroxyl groups is 1. The van der Waals surface area contributed by atoms with Gasteiger partial charge < -0.3 is 20.1 Å². The average molecular weight is 433 g/mol. The van der Waals surface area contributed by atoms with Gasteiger partial charge in [0.05, 0.1) is 25.3 Å². The van der Waals surface area contributed by atoms with E-state index in [4.69, 9.17) is 4.74 Å². The largest absolute Gasteiger partial charge is 0.476 e. The molecular formula is C23H29F2N3O3. The maximum atomic E-state index is 13.4. The van der Waals surface area contributed by atoms with Crippen LogP contribution in [-0.2, 0) is 0 Å². The number of halogens is 2. The zero-order valence-corrected chi connectivity index (χ0v) is 17.8. The molecule has 31 heavy (non-hydrogen) atoms. The number of nitrogens with zero attached hydrogens (tertiary/aromatic N) is 2. The predicted molar refractivity (Wildman–Crippen MR) is 109 cm³/mol. The summed E-state index contributed by atoms with van der Waals surface area (Å²) >= 11 is 0. The van der Waals surface area contributed by atoms with Gasteiger partial charge in [-0.1, -0.05) is 6.92 Å². The van der Waals surface area contributed by atoms with E-state index >= 15 is 0 Å². The Morgan fingerprint density at radius 3 is 2.74 bits per heavy atom. The first-order valence-electron chi connectivity index (χ1n) is 11.4. The lowest BCUT2D eigenvalue weighted by Gasteiger charge is -2.41. The molecule has 0 aromatic carbocycles. The molecule has 1 amide bonds. The normalized spacial score (nSPS) is 39.5. The van der Waals surface area contributed by atoms with E-state index in [0.717, 1.165) is 38.5 Å². The van der Waals surface area contributed by atoms with Gasteiger partial charge in [-0.25, -0.2) is 13.8 Å². The predicted octanol–water partition coefficient (Wildman–Crippen LogP) is 3.14. The minimum atomic E-state index is -2.69. The first-order chi connectivity index (χ1) is 14.6. The molecule has 6 rings (SSSR count). The number of rotatable bonds is 6. The Bertz CT molecular complexity index is 942. The van der Waals surface area contributed by atoms with E-state index in [0.29, 0.717) is 30.6 Å². The fourth-order valence-corrected chi connectivity index (χ4v) is 6.66. The van der Waals surface area contributed by atoms with Crippen LogP contribution in [-0.4, -0.2) is 52.8 Å². The van der Waals surface area contributed by atoms with E-state index in [1.54, 1.807) is 17.0 Å². The van der Waals surface area contributed by atoms with Gasteiger partial charge in [-0.2, -0.15) is 0 Å². The Kier molecular flexibility index (Phi) is 3.87. The number of carbonyl (C=O) groups excluding carboxylic acids is 1. The lowest BCUT2D eigenvalue weighted by molar-refractivity contribution is -0.0265. The second kappa shape index (κ2) is 6.09. The van der Waals surface area contributed by atoms with Crippen molar-refractivity contribution in [3.05, 3.63) is 17.8 Å². The first kappa shape index (κ1) is 19.7. The molecule has 2 N–H and O–H groups in total. The van der Waals surface area contributed by atoms with Crippen molar-refractivity contribution in [2.75, 3.05) is 24.6 Å². The van der Waals surface area contributed by atoms with Crippen LogP contribution >= 0.6 is 0 Å². The van der Waals surface area contributed by atoms with Crippen LogP contribution in [0.4, 0.5) is 14.5 Å². The van der Waals surface area contributed by atoms with Gasteiger partial charge in [0.15, 0.2) is 0 Å². The minimum Gasteiger partial charge on any atom is -0.476 e. The van der Waals surface area contributed by atoms with E-state index in [-0.39, 0.29) is 36.0 Å². The maximum absolute atomic E-state index is 13.4. The van der Waals surface area contributed by atoms with E-state index in [1.165, 1.54) is 0 Å². The quantitative estimate of drug-likeness (QED) is 0.721. The van der Waals surface area contributed by atoms with Gasteiger partial charge in [0.25, 0.3) is 11.8 Å². The highest BCUT2D eigenvalue weighted by Gasteiger charge is 2.77. The molecule has 6 nitrogen and oxygen atoms in total. The number of fused-ring (bicyclic) bond motifs is 1. The minimum absolute atomic E-state index is 0.0312. The van der Waals surface area contributed by atoms with Crippen LogP contribution in [0.5, 0.6) is 5.88 Å². The number of amides is 1. The molecule has 2 heterocycles. The molecule has 5 fully saturated rings. The van der Waals surface area contributed by atoms with Crippen molar-refractivity contribution in [3.8, 4) is 5.88 Å². The topological polar surface area (TPSA) is 74.7 Å². The number of pyridine rings is 1. The molecule has 1 aliphatic heterocycles. The van der Waals surface area contributed by atoms with Gasteiger partial charge in [0, 0.05) is 11.0 Å². The Morgan fingerprint density at radius 1 is 1.26 bits per heavy atom. The van der Waals surface area contributed by atoms with E-state index < -0.39 is 17.1 Å². The van der Waals surface area contributed by atoms with Crippen LogP contribution in [0, 0.1) is 17.3 Å². The molecule has 0 radical (unpaired) electrons. The number of nitrogens with one attached hydrogen (secondary N) is 1. The van der Waals surface area contributed by atoms with Gasteiger partial charge in [-0.05, 0) is 68.9 Å². The summed E-state index contributed by atoms with van der Waals surface area (Å²) in [5.41, 5.74) is -0.310. The highest BCUT2D eigenvalue weighted by atomic mass is 19.3. The molecule has 4 atom stereocenters. The van der Waals surface area contributed by atoms with Gasteiger partial charge in [0.1, 0.15) is 11.4 Å². The molecule has 8 heteroatoms. The fraction of sp³-hybridized carbons (Fsp3) is 0.739. The summed E-state index contributed by atoms with van der Waals surface area (Å²) in [7, 11) is 0. The van der Waals surface area contributed by atoms with Crippen LogP contribution in [0.15, 0.2) is 12.1 Å².